The van der Waals surface area contributed by atoms with Crippen molar-refractivity contribution in [3.05, 3.63) is 55.0 Å². The molecule has 0 saturated carbocycles. The van der Waals surface area contributed by atoms with Crippen molar-refractivity contribution in [2.75, 3.05) is 7.05 Å². The van der Waals surface area contributed by atoms with E-state index >= 15 is 0 Å². The van der Waals surface area contributed by atoms with E-state index in [2.05, 4.69) is 27.9 Å². The van der Waals surface area contributed by atoms with Gasteiger partial charge in [0.1, 0.15) is 5.82 Å². The molecule has 0 aliphatic heterocycles. The molecule has 1 nitrogen and oxygen atoms in total. The number of halogens is 4. The highest BCUT2D eigenvalue weighted by atomic mass is 127. The molecule has 1 N–H and O–H groups in total. The minimum absolute atomic E-state index is 0.102. The third-order valence-corrected chi connectivity index (χ3v) is 4.37. The zero-order valence-corrected chi connectivity index (χ0v) is 12.3. The largest absolute Gasteiger partial charge is 0.309 e. The smallest absolute Gasteiger partial charge is 0.161 e. The first-order valence-electron chi connectivity index (χ1n) is 5.08. The van der Waals surface area contributed by atoms with Crippen LogP contribution in [-0.2, 0) is 0 Å². The lowest BCUT2D eigenvalue weighted by Gasteiger charge is -2.16. The second kappa shape index (κ2) is 5.58. The van der Waals surface area contributed by atoms with E-state index in [0.29, 0.717) is 6.07 Å². The van der Waals surface area contributed by atoms with Gasteiger partial charge in [-0.2, -0.15) is 0 Å². The molecule has 1 aromatic heterocycles. The number of hydrogen-bond donors (Lipinski definition) is 1. The van der Waals surface area contributed by atoms with E-state index in [1.807, 2.05) is 11.4 Å². The highest BCUT2D eigenvalue weighted by Gasteiger charge is 2.20. The summed E-state index contributed by atoms with van der Waals surface area (Å²) in [5, 5.41) is 4.77. The van der Waals surface area contributed by atoms with Gasteiger partial charge in [-0.05, 0) is 52.7 Å². The fourth-order valence-electron chi connectivity index (χ4n) is 1.74. The van der Waals surface area contributed by atoms with Crippen molar-refractivity contribution in [3.63, 3.8) is 0 Å². The highest BCUT2D eigenvalue weighted by Crippen LogP contribution is 2.29. The topological polar surface area (TPSA) is 12.0 Å². The second-order valence-electron chi connectivity index (χ2n) is 3.69. The van der Waals surface area contributed by atoms with Gasteiger partial charge in [0.2, 0.25) is 0 Å². The Morgan fingerprint density at radius 1 is 1.11 bits per heavy atom. The lowest BCUT2D eigenvalue weighted by molar-refractivity contribution is 0.483. The number of nitrogens with one attached hydrogen (secondary N) is 1. The molecule has 18 heavy (non-hydrogen) atoms. The molecule has 1 heterocycles. The summed E-state index contributed by atoms with van der Waals surface area (Å²) in [6.07, 6.45) is 0. The third kappa shape index (κ3) is 2.70. The molecule has 96 valence electrons. The van der Waals surface area contributed by atoms with E-state index in [1.165, 1.54) is 11.3 Å². The number of thiophene rings is 1. The Morgan fingerprint density at radius 2 is 1.78 bits per heavy atom. The molecule has 0 radical (unpaired) electrons. The van der Waals surface area contributed by atoms with Crippen LogP contribution in [0.2, 0.25) is 0 Å². The molecule has 2 aromatic rings. The van der Waals surface area contributed by atoms with Gasteiger partial charge in [-0.25, -0.2) is 13.2 Å². The molecule has 1 aromatic carbocycles. The van der Waals surface area contributed by atoms with Crippen LogP contribution in [0.4, 0.5) is 13.2 Å². The zero-order valence-electron chi connectivity index (χ0n) is 9.31. The molecule has 0 spiro atoms. The summed E-state index contributed by atoms with van der Waals surface area (Å²) >= 11 is 3.67. The molecule has 0 aliphatic carbocycles. The molecule has 0 fully saturated rings. The normalized spacial score (nSPS) is 12.7. The average Bonchev–Trinajstić information content (AvgIpc) is 2.73. The lowest BCUT2D eigenvalue weighted by atomic mass is 10.0. The van der Waals surface area contributed by atoms with Gasteiger partial charge in [0.05, 0.1) is 8.93 Å². The SMILES string of the molecule is CNC(c1csc(I)c1)c1cc(F)c(F)cc1F. The minimum Gasteiger partial charge on any atom is -0.309 e. The average molecular weight is 383 g/mol. The summed E-state index contributed by atoms with van der Waals surface area (Å²) in [5.74, 6) is -2.97. The predicted octanol–water partition coefficient (Wildman–Crippen LogP) is 4.08. The molecule has 1 atom stereocenters. The first-order chi connectivity index (χ1) is 8.52. The van der Waals surface area contributed by atoms with E-state index in [0.717, 1.165) is 14.5 Å². The van der Waals surface area contributed by atoms with E-state index in [4.69, 9.17) is 0 Å². The molecule has 6 heteroatoms. The third-order valence-electron chi connectivity index (χ3n) is 2.56. The molecule has 0 bridgehead atoms. The highest BCUT2D eigenvalue weighted by molar-refractivity contribution is 14.1. The number of rotatable bonds is 3. The van der Waals surface area contributed by atoms with Crippen LogP contribution in [-0.4, -0.2) is 7.05 Å². The van der Waals surface area contributed by atoms with Gasteiger partial charge in [0.15, 0.2) is 11.6 Å². The summed E-state index contributed by atoms with van der Waals surface area (Å²) in [6, 6.07) is 2.87. The van der Waals surface area contributed by atoms with Crippen molar-refractivity contribution >= 4 is 33.9 Å². The van der Waals surface area contributed by atoms with Crippen LogP contribution in [0.1, 0.15) is 17.2 Å². The van der Waals surface area contributed by atoms with Crippen molar-refractivity contribution in [1.29, 1.82) is 0 Å². The Balaban J connectivity index is 2.48. The molecule has 0 saturated heterocycles. The van der Waals surface area contributed by atoms with Crippen LogP contribution in [0.25, 0.3) is 0 Å². The Labute approximate surface area is 120 Å². The molecular formula is C12H9F3INS. The van der Waals surface area contributed by atoms with Gasteiger partial charge >= 0.3 is 0 Å². The summed E-state index contributed by atoms with van der Waals surface area (Å²) < 4.78 is 40.9. The first kappa shape index (κ1) is 13.8. The summed E-state index contributed by atoms with van der Waals surface area (Å²) in [5.41, 5.74) is 0.933. The maximum atomic E-state index is 13.7. The first-order valence-corrected chi connectivity index (χ1v) is 7.04. The Bertz CT molecular complexity index is 570. The van der Waals surface area contributed by atoms with Crippen LogP contribution in [0, 0.1) is 20.3 Å². The van der Waals surface area contributed by atoms with E-state index in [1.54, 1.807) is 7.05 Å². The van der Waals surface area contributed by atoms with Crippen molar-refractivity contribution in [3.8, 4) is 0 Å². The molecule has 2 rings (SSSR count). The van der Waals surface area contributed by atoms with E-state index < -0.39 is 23.5 Å². The van der Waals surface area contributed by atoms with Crippen LogP contribution in [0.3, 0.4) is 0 Å². The number of benzene rings is 1. The molecule has 0 aliphatic rings. The van der Waals surface area contributed by atoms with Crippen molar-refractivity contribution in [1.82, 2.24) is 5.32 Å². The zero-order chi connectivity index (χ0) is 13.3. The predicted molar refractivity (Wildman–Crippen MR) is 74.3 cm³/mol. The maximum Gasteiger partial charge on any atom is 0.161 e. The van der Waals surface area contributed by atoms with Crippen LogP contribution in [0.15, 0.2) is 23.6 Å². The van der Waals surface area contributed by atoms with Crippen molar-refractivity contribution < 1.29 is 13.2 Å². The summed E-state index contributed by atoms with van der Waals surface area (Å²) in [7, 11) is 1.65. The van der Waals surface area contributed by atoms with Crippen LogP contribution in [0.5, 0.6) is 0 Å². The fraction of sp³-hybridized carbons (Fsp3) is 0.167. The Kier molecular flexibility index (Phi) is 4.29. The molecule has 0 amide bonds. The standard InChI is InChI=1S/C12H9F3INS/c1-17-12(6-2-11(16)18-5-6)7-3-9(14)10(15)4-8(7)13/h2-5,12,17H,1H3. The van der Waals surface area contributed by atoms with Gasteiger partial charge in [-0.15, -0.1) is 11.3 Å². The van der Waals surface area contributed by atoms with Gasteiger partial charge < -0.3 is 5.32 Å². The second-order valence-corrected chi connectivity index (χ2v) is 6.50. The number of hydrogen-bond acceptors (Lipinski definition) is 2. The minimum atomic E-state index is -1.17. The Hall–Kier alpha value is -0.600. The van der Waals surface area contributed by atoms with Crippen LogP contribution >= 0.6 is 33.9 Å². The lowest BCUT2D eigenvalue weighted by Crippen LogP contribution is -2.19. The van der Waals surface area contributed by atoms with Gasteiger partial charge in [0, 0.05) is 11.6 Å². The van der Waals surface area contributed by atoms with E-state index in [9.17, 15) is 13.2 Å². The van der Waals surface area contributed by atoms with E-state index in [-0.39, 0.29) is 5.56 Å². The molecule has 1 unspecified atom stereocenters. The maximum absolute atomic E-state index is 13.7. The van der Waals surface area contributed by atoms with Gasteiger partial charge in [0.25, 0.3) is 0 Å². The van der Waals surface area contributed by atoms with Crippen molar-refractivity contribution in [2.24, 2.45) is 0 Å². The summed E-state index contributed by atoms with van der Waals surface area (Å²) in [6.45, 7) is 0. The molecular weight excluding hydrogens is 374 g/mol. The monoisotopic (exact) mass is 383 g/mol. The van der Waals surface area contributed by atoms with Crippen molar-refractivity contribution in [2.45, 2.75) is 6.04 Å². The van der Waals surface area contributed by atoms with Crippen LogP contribution < -0.4 is 5.32 Å². The summed E-state index contributed by atoms with van der Waals surface area (Å²) in [4.78, 5) is 0. The van der Waals surface area contributed by atoms with Gasteiger partial charge in [-0.1, -0.05) is 0 Å². The van der Waals surface area contributed by atoms with Gasteiger partial charge in [-0.3, -0.25) is 0 Å². The quantitative estimate of drug-likeness (QED) is 0.622. The fourth-order valence-corrected chi connectivity index (χ4v) is 3.13. The Morgan fingerprint density at radius 3 is 2.33 bits per heavy atom.